The first kappa shape index (κ1) is 23.6. The second-order valence-corrected chi connectivity index (χ2v) is 8.54. The number of ether oxygens (including phenoxy) is 2. The molecule has 9 heteroatoms. The molecule has 1 saturated heterocycles. The number of methoxy groups -OCH3 is 2. The number of hydrogen-bond donors (Lipinski definition) is 1. The summed E-state index contributed by atoms with van der Waals surface area (Å²) in [7, 11) is 3.19. The van der Waals surface area contributed by atoms with Crippen molar-refractivity contribution in [3.63, 3.8) is 0 Å². The van der Waals surface area contributed by atoms with Gasteiger partial charge in [0.1, 0.15) is 17.3 Å². The van der Waals surface area contributed by atoms with Gasteiger partial charge in [0.05, 0.1) is 25.8 Å². The molecule has 0 spiro atoms. The maximum Gasteiger partial charge on any atom is 0.271 e. The maximum atomic E-state index is 13.0. The van der Waals surface area contributed by atoms with Crippen LogP contribution in [0.2, 0.25) is 5.02 Å². The van der Waals surface area contributed by atoms with Crippen molar-refractivity contribution < 1.29 is 14.3 Å². The van der Waals surface area contributed by atoms with E-state index in [1.165, 1.54) is 10.7 Å². The highest BCUT2D eigenvalue weighted by molar-refractivity contribution is 6.30. The van der Waals surface area contributed by atoms with Gasteiger partial charge in [-0.2, -0.15) is 4.68 Å². The normalized spacial score (nSPS) is 15.6. The molecule has 1 fully saturated rings. The predicted molar refractivity (Wildman–Crippen MR) is 131 cm³/mol. The Hall–Kier alpha value is -3.52. The van der Waals surface area contributed by atoms with Crippen molar-refractivity contribution in [3.05, 3.63) is 75.5 Å². The van der Waals surface area contributed by atoms with E-state index in [2.05, 4.69) is 10.4 Å². The molecule has 1 amide bonds. The van der Waals surface area contributed by atoms with Crippen LogP contribution in [0.5, 0.6) is 11.5 Å². The second-order valence-electron chi connectivity index (χ2n) is 8.10. The van der Waals surface area contributed by atoms with Crippen LogP contribution in [-0.4, -0.2) is 43.0 Å². The minimum Gasteiger partial charge on any atom is -0.497 e. The molecule has 1 aliphatic heterocycles. The maximum absolute atomic E-state index is 13.0. The molecule has 1 atom stereocenters. The van der Waals surface area contributed by atoms with Gasteiger partial charge in [0.25, 0.3) is 5.56 Å². The van der Waals surface area contributed by atoms with Gasteiger partial charge < -0.3 is 19.7 Å². The Bertz CT molecular complexity index is 1230. The first-order chi connectivity index (χ1) is 16.5. The number of benzene rings is 2. The average molecular weight is 483 g/mol. The lowest BCUT2D eigenvalue weighted by Crippen LogP contribution is -2.43. The first-order valence-corrected chi connectivity index (χ1v) is 11.5. The molecule has 1 aromatic heterocycles. The van der Waals surface area contributed by atoms with Crippen LogP contribution in [0, 0.1) is 5.92 Å². The minimum absolute atomic E-state index is 0.0225. The molecule has 1 aliphatic rings. The molecule has 34 heavy (non-hydrogen) atoms. The number of carbonyl (C=O) groups is 1. The highest BCUT2D eigenvalue weighted by Gasteiger charge is 2.27. The number of piperidine rings is 1. The van der Waals surface area contributed by atoms with Crippen LogP contribution < -0.4 is 25.2 Å². The van der Waals surface area contributed by atoms with Crippen molar-refractivity contribution in [3.8, 4) is 17.2 Å². The number of carbonyl (C=O) groups excluding carboxylic acids is 1. The number of hydrogen-bond acceptors (Lipinski definition) is 6. The highest BCUT2D eigenvalue weighted by Crippen LogP contribution is 2.25. The number of rotatable bonds is 7. The topological polar surface area (TPSA) is 85.7 Å². The highest BCUT2D eigenvalue weighted by atomic mass is 35.5. The molecule has 2 heterocycles. The summed E-state index contributed by atoms with van der Waals surface area (Å²) in [5.74, 6) is 1.80. The number of halogens is 1. The molecule has 0 saturated carbocycles. The summed E-state index contributed by atoms with van der Waals surface area (Å²) in [4.78, 5) is 27.4. The van der Waals surface area contributed by atoms with Gasteiger partial charge in [-0.1, -0.05) is 17.7 Å². The molecule has 4 rings (SSSR count). The van der Waals surface area contributed by atoms with Crippen LogP contribution in [0.1, 0.15) is 18.4 Å². The van der Waals surface area contributed by atoms with Crippen molar-refractivity contribution >= 4 is 23.3 Å². The minimum atomic E-state index is -0.245. The zero-order valence-corrected chi connectivity index (χ0v) is 19.9. The number of anilines is 1. The van der Waals surface area contributed by atoms with Crippen molar-refractivity contribution in [2.45, 2.75) is 19.4 Å². The summed E-state index contributed by atoms with van der Waals surface area (Å²) in [6, 6.07) is 15.7. The Morgan fingerprint density at radius 1 is 1.15 bits per heavy atom. The molecular weight excluding hydrogens is 456 g/mol. The lowest BCUT2D eigenvalue weighted by Gasteiger charge is -2.33. The van der Waals surface area contributed by atoms with E-state index in [9.17, 15) is 9.59 Å². The number of nitrogens with one attached hydrogen (secondary N) is 1. The van der Waals surface area contributed by atoms with Crippen LogP contribution >= 0.6 is 11.6 Å². The number of nitrogens with zero attached hydrogens (tertiary/aromatic N) is 3. The first-order valence-electron chi connectivity index (χ1n) is 11.1. The summed E-state index contributed by atoms with van der Waals surface area (Å²) < 4.78 is 12.0. The number of aromatic nitrogens is 2. The Morgan fingerprint density at radius 2 is 2.00 bits per heavy atom. The lowest BCUT2D eigenvalue weighted by atomic mass is 9.97. The zero-order chi connectivity index (χ0) is 24.1. The van der Waals surface area contributed by atoms with Crippen LogP contribution in [0.15, 0.2) is 59.4 Å². The fourth-order valence-electron chi connectivity index (χ4n) is 4.09. The molecule has 8 nitrogen and oxygen atoms in total. The Balaban J connectivity index is 1.45. The predicted octanol–water partition coefficient (Wildman–Crippen LogP) is 3.44. The summed E-state index contributed by atoms with van der Waals surface area (Å²) in [5, 5.41) is 8.10. The van der Waals surface area contributed by atoms with E-state index in [0.29, 0.717) is 41.1 Å². The molecule has 0 aliphatic carbocycles. The van der Waals surface area contributed by atoms with Crippen LogP contribution in [0.25, 0.3) is 5.69 Å². The molecule has 0 radical (unpaired) electrons. The van der Waals surface area contributed by atoms with Crippen LogP contribution in [-0.2, 0) is 11.3 Å². The molecule has 1 N–H and O–H groups in total. The largest absolute Gasteiger partial charge is 0.497 e. The average Bonchev–Trinajstić information content (AvgIpc) is 2.87. The van der Waals surface area contributed by atoms with E-state index in [-0.39, 0.29) is 17.4 Å². The third-order valence-corrected chi connectivity index (χ3v) is 6.14. The summed E-state index contributed by atoms with van der Waals surface area (Å²) in [5.41, 5.74) is 1.23. The van der Waals surface area contributed by atoms with Crippen molar-refractivity contribution in [2.75, 3.05) is 32.2 Å². The third-order valence-electron chi connectivity index (χ3n) is 5.90. The third kappa shape index (κ3) is 5.34. The van der Waals surface area contributed by atoms with Gasteiger partial charge in [-0.25, -0.2) is 0 Å². The zero-order valence-electron chi connectivity index (χ0n) is 19.2. The monoisotopic (exact) mass is 482 g/mol. The van der Waals surface area contributed by atoms with Gasteiger partial charge in [-0.3, -0.25) is 9.59 Å². The molecule has 2 aromatic carbocycles. The molecule has 1 unspecified atom stereocenters. The Labute approximate surface area is 203 Å². The van der Waals surface area contributed by atoms with E-state index >= 15 is 0 Å². The Morgan fingerprint density at radius 3 is 2.76 bits per heavy atom. The van der Waals surface area contributed by atoms with Gasteiger partial charge in [0.2, 0.25) is 5.91 Å². The van der Waals surface area contributed by atoms with E-state index < -0.39 is 0 Å². The molecular formula is C25H27ClN4O4. The summed E-state index contributed by atoms with van der Waals surface area (Å²) in [6.07, 6.45) is 1.64. The molecule has 178 valence electrons. The van der Waals surface area contributed by atoms with E-state index in [1.54, 1.807) is 50.6 Å². The van der Waals surface area contributed by atoms with Crippen LogP contribution in [0.4, 0.5) is 5.82 Å². The van der Waals surface area contributed by atoms with Crippen LogP contribution in [0.3, 0.4) is 0 Å². The van der Waals surface area contributed by atoms with Crippen molar-refractivity contribution in [1.29, 1.82) is 0 Å². The van der Waals surface area contributed by atoms with Gasteiger partial charge in [-0.15, -0.1) is 5.10 Å². The fraction of sp³-hybridized carbons (Fsp3) is 0.320. The SMILES string of the molecule is COc1ccc(CNC(=O)C2CCCN(c3ccc(=O)n(-c4cccc(Cl)c4)n3)C2)c(OC)c1. The molecule has 3 aromatic rings. The van der Waals surface area contributed by atoms with E-state index in [0.717, 1.165) is 24.9 Å². The fourth-order valence-corrected chi connectivity index (χ4v) is 4.27. The lowest BCUT2D eigenvalue weighted by molar-refractivity contribution is -0.125. The molecule has 0 bridgehead atoms. The van der Waals surface area contributed by atoms with Gasteiger partial charge >= 0.3 is 0 Å². The van der Waals surface area contributed by atoms with Crippen molar-refractivity contribution in [1.82, 2.24) is 15.1 Å². The Kier molecular flexibility index (Phi) is 7.37. The standard InChI is InChI=1S/C25H27ClN4O4/c1-33-21-9-8-17(22(14-21)34-2)15-27-25(32)18-5-4-12-29(16-18)23-10-11-24(31)30(28-23)20-7-3-6-19(26)13-20/h3,6-11,13-14,18H,4-5,12,15-16H2,1-2H3,(H,27,32). The summed E-state index contributed by atoms with van der Waals surface area (Å²) in [6.45, 7) is 1.64. The second kappa shape index (κ2) is 10.6. The van der Waals surface area contributed by atoms with Gasteiger partial charge in [0, 0.05) is 42.4 Å². The smallest absolute Gasteiger partial charge is 0.271 e. The van der Waals surface area contributed by atoms with E-state index in [1.807, 2.05) is 17.0 Å². The van der Waals surface area contributed by atoms with E-state index in [4.69, 9.17) is 21.1 Å². The quantitative estimate of drug-likeness (QED) is 0.555. The summed E-state index contributed by atoms with van der Waals surface area (Å²) >= 11 is 6.09. The number of amides is 1. The van der Waals surface area contributed by atoms with Crippen molar-refractivity contribution in [2.24, 2.45) is 5.92 Å². The van der Waals surface area contributed by atoms with Gasteiger partial charge in [0.15, 0.2) is 0 Å². The van der Waals surface area contributed by atoms with Gasteiger partial charge in [-0.05, 0) is 49.2 Å².